The van der Waals surface area contributed by atoms with Gasteiger partial charge in [0.25, 0.3) is 11.9 Å². The molecular formula is C25H39BGdN6O10. The van der Waals surface area contributed by atoms with Crippen molar-refractivity contribution in [2.24, 2.45) is 0 Å². The summed E-state index contributed by atoms with van der Waals surface area (Å²) in [5, 5.41) is 31.3. The van der Waals surface area contributed by atoms with Crippen LogP contribution in [0.5, 0.6) is 0 Å². The van der Waals surface area contributed by atoms with Crippen molar-refractivity contribution in [1.29, 1.82) is 0 Å². The van der Waals surface area contributed by atoms with E-state index in [-0.39, 0.29) is 79.2 Å². The molecule has 0 aromatic rings. The number of esters is 2. The molecular weight excluding hydrogens is 712 g/mol. The number of carbonyl (C=O) groups excluding carboxylic acids is 4. The number of nitrogens with one attached hydrogen (secondary N) is 1. The summed E-state index contributed by atoms with van der Waals surface area (Å²) in [5.41, 5.74) is 0. The number of amides is 2. The Morgan fingerprint density at radius 1 is 0.907 bits per heavy atom. The molecule has 0 aliphatic carbocycles. The number of ether oxygens (including phenoxy) is 2. The first-order valence-corrected chi connectivity index (χ1v) is 14.1. The van der Waals surface area contributed by atoms with Crippen molar-refractivity contribution in [3.63, 3.8) is 0 Å². The topological polar surface area (TPSA) is 193 Å². The average Bonchev–Trinajstić information content (AvgIpc) is 3.39. The summed E-state index contributed by atoms with van der Waals surface area (Å²) in [4.78, 5) is 70.6. The van der Waals surface area contributed by atoms with Crippen LogP contribution in [0.4, 0.5) is 0 Å². The quantitative estimate of drug-likeness (QED) is 0.112. The van der Waals surface area contributed by atoms with Crippen molar-refractivity contribution in [1.82, 2.24) is 29.8 Å². The van der Waals surface area contributed by atoms with Crippen LogP contribution in [0.3, 0.4) is 0 Å². The minimum absolute atomic E-state index is 0. The zero-order valence-corrected chi connectivity index (χ0v) is 26.4. The molecule has 0 radical (unpaired) electrons. The van der Waals surface area contributed by atoms with Gasteiger partial charge in [0.15, 0.2) is 0 Å². The summed E-state index contributed by atoms with van der Waals surface area (Å²) < 4.78 is 10.9. The summed E-state index contributed by atoms with van der Waals surface area (Å²) in [6.07, 6.45) is 1.97. The number of nitrogens with zero attached hydrogens (tertiary/aromatic N) is 5. The van der Waals surface area contributed by atoms with Crippen molar-refractivity contribution >= 4 is 36.8 Å². The zero-order chi connectivity index (χ0) is 30.4. The van der Waals surface area contributed by atoms with E-state index in [1.165, 1.54) is 4.90 Å². The van der Waals surface area contributed by atoms with Gasteiger partial charge in [0, 0.05) is 32.7 Å². The molecule has 0 aromatic carbocycles. The number of hydrogen-bond donors (Lipinski definition) is 4. The summed E-state index contributed by atoms with van der Waals surface area (Å²) in [6.45, 7) is 3.91. The fraction of sp³-hybridized carbons (Fsp3) is 0.720. The first-order valence-electron chi connectivity index (χ1n) is 14.1. The number of hydrogen-bond acceptors (Lipinski definition) is 13. The predicted octanol–water partition coefficient (Wildman–Crippen LogP) is -4.02. The van der Waals surface area contributed by atoms with Crippen LogP contribution in [0.25, 0.3) is 0 Å². The van der Waals surface area contributed by atoms with Gasteiger partial charge >= 0.3 is 53.0 Å². The van der Waals surface area contributed by atoms with Crippen molar-refractivity contribution in [2.75, 3.05) is 85.1 Å². The van der Waals surface area contributed by atoms with Gasteiger partial charge in [-0.3, -0.25) is 24.0 Å². The molecule has 4 aliphatic rings. The molecule has 0 saturated carbocycles. The minimum atomic E-state index is -1.66. The summed E-state index contributed by atoms with van der Waals surface area (Å²) in [5.74, 6) is -3.48. The molecule has 4 heterocycles. The molecule has 4 N–H and O–H groups in total. The Balaban J connectivity index is 0.00000506. The second kappa shape index (κ2) is 16.7. The van der Waals surface area contributed by atoms with Crippen molar-refractivity contribution in [2.45, 2.75) is 31.7 Å². The number of carboxylic acids is 1. The largest absolute Gasteiger partial charge is 2.00 e. The Morgan fingerprint density at radius 2 is 1.44 bits per heavy atom. The minimum Gasteiger partial charge on any atom is -0.631 e. The zero-order valence-electron chi connectivity index (χ0n) is 24.1. The van der Waals surface area contributed by atoms with Gasteiger partial charge in [0.1, 0.15) is 6.04 Å². The molecule has 2 amide bonds. The van der Waals surface area contributed by atoms with Gasteiger partial charge in [0.05, 0.1) is 32.1 Å². The molecule has 4 atom stereocenters. The standard InChI is InChI=1S/C25H39BN6O10.Gd/c1-17(25(38)32-4-2-3-20(32)26(39)40)27-21(33)13-28-5-7-30-12-19(42-24(37)15-30)10-29(14-22(34)35)6-8-31-11-18(9-28)41-23(36)16-31;/h17,20,39-40H,2-16H2,1H3,(H,27,33)(H,34,35);/q-2;+2/t17-,20+;/m1./s1. The van der Waals surface area contributed by atoms with Crippen LogP contribution >= 0.6 is 0 Å². The molecule has 18 heteroatoms. The van der Waals surface area contributed by atoms with Gasteiger partial charge in [-0.1, -0.05) is 26.2 Å². The third-order valence-corrected chi connectivity index (χ3v) is 7.69. The monoisotopic (exact) mass is 752 g/mol. The van der Waals surface area contributed by atoms with Gasteiger partial charge < -0.3 is 54.4 Å². The molecule has 0 spiro atoms. The van der Waals surface area contributed by atoms with E-state index in [1.807, 2.05) is 9.80 Å². The SMILES string of the molecule is C[C@@H](NC(=O)CN1CCN2CC(=O)O[C-](CN(CC(=O)O)CCN3CC(=O)O[C-](C1)C3)C2)C(=O)N1CCC[C@H]1B(O)O.[Gd+2]. The first kappa shape index (κ1) is 36.0. The van der Waals surface area contributed by atoms with Gasteiger partial charge in [0.2, 0.25) is 11.8 Å². The normalized spacial score (nSPS) is 27.2. The molecule has 43 heavy (non-hydrogen) atoms. The maximum atomic E-state index is 13.1. The molecule has 4 aliphatic heterocycles. The molecule has 2 unspecified atom stereocenters. The van der Waals surface area contributed by atoms with Crippen LogP contribution in [0.15, 0.2) is 0 Å². The molecule has 4 fully saturated rings. The van der Waals surface area contributed by atoms with E-state index in [4.69, 9.17) is 9.47 Å². The second-order valence-electron chi connectivity index (χ2n) is 11.2. The van der Waals surface area contributed by atoms with E-state index in [2.05, 4.69) is 5.32 Å². The van der Waals surface area contributed by atoms with Crippen molar-refractivity contribution in [3.05, 3.63) is 12.2 Å². The van der Waals surface area contributed by atoms with E-state index in [0.29, 0.717) is 70.9 Å². The predicted molar refractivity (Wildman–Crippen MR) is 145 cm³/mol. The molecule has 0 aromatic heterocycles. The van der Waals surface area contributed by atoms with Gasteiger partial charge in [-0.25, -0.2) is 0 Å². The van der Waals surface area contributed by atoms with Crippen LogP contribution < -0.4 is 5.32 Å². The fourth-order valence-electron chi connectivity index (χ4n) is 5.77. The van der Waals surface area contributed by atoms with E-state index >= 15 is 0 Å². The Hall–Kier alpha value is -1.50. The Morgan fingerprint density at radius 3 is 1.95 bits per heavy atom. The van der Waals surface area contributed by atoms with Crippen molar-refractivity contribution < 1.29 is 88.5 Å². The molecule has 4 saturated heterocycles. The fourth-order valence-corrected chi connectivity index (χ4v) is 5.77. The van der Waals surface area contributed by atoms with Crippen LogP contribution in [-0.4, -0.2) is 174 Å². The molecule has 4 rings (SSSR count). The van der Waals surface area contributed by atoms with Crippen molar-refractivity contribution in [3.8, 4) is 0 Å². The second-order valence-corrected chi connectivity index (χ2v) is 11.2. The summed E-state index contributed by atoms with van der Waals surface area (Å²) in [6, 6.07) is -0.894. The van der Waals surface area contributed by atoms with Gasteiger partial charge in [-0.15, -0.1) is 12.2 Å². The summed E-state index contributed by atoms with van der Waals surface area (Å²) >= 11 is 0. The maximum absolute atomic E-state index is 13.1. The third kappa shape index (κ3) is 10.8. The summed E-state index contributed by atoms with van der Waals surface area (Å²) in [7, 11) is -1.66. The van der Waals surface area contributed by atoms with Gasteiger partial charge in [-0.05, 0) is 19.8 Å². The number of likely N-dealkylation sites (tertiary alicyclic amines) is 1. The third-order valence-electron chi connectivity index (χ3n) is 7.69. The molecule has 16 nitrogen and oxygen atoms in total. The average molecular weight is 752 g/mol. The van der Waals surface area contributed by atoms with E-state index in [0.717, 1.165) is 0 Å². The Kier molecular flexibility index (Phi) is 14.0. The van der Waals surface area contributed by atoms with E-state index < -0.39 is 48.8 Å². The molecule has 240 valence electrons. The van der Waals surface area contributed by atoms with Crippen LogP contribution in [0.1, 0.15) is 19.8 Å². The Bertz CT molecular complexity index is 1030. The van der Waals surface area contributed by atoms with Crippen LogP contribution in [0, 0.1) is 52.1 Å². The maximum Gasteiger partial charge on any atom is 2.00 e. The number of carbonyl (C=O) groups is 5. The van der Waals surface area contributed by atoms with Crippen LogP contribution in [0.2, 0.25) is 0 Å². The van der Waals surface area contributed by atoms with Crippen LogP contribution in [-0.2, 0) is 33.4 Å². The smallest absolute Gasteiger partial charge is 0.631 e. The molecule has 4 bridgehead atoms. The first-order chi connectivity index (χ1) is 20.0. The number of carboxylic acid groups (broad SMARTS) is 1. The number of morpholine rings is 2. The van der Waals surface area contributed by atoms with Gasteiger partial charge in [-0.2, -0.15) is 0 Å². The Labute approximate surface area is 282 Å². The number of aliphatic carboxylic acids is 1. The number of fused-ring (bicyclic) bond motifs is 4. The van der Waals surface area contributed by atoms with E-state index in [9.17, 15) is 39.1 Å². The van der Waals surface area contributed by atoms with E-state index in [1.54, 1.807) is 16.7 Å². The number of rotatable bonds is 7.